The Morgan fingerprint density at radius 3 is 2.69 bits per heavy atom. The highest BCUT2D eigenvalue weighted by atomic mass is 35.5. The summed E-state index contributed by atoms with van der Waals surface area (Å²) >= 11 is 5.95. The van der Waals surface area contributed by atoms with Gasteiger partial charge in [-0.15, -0.1) is 0 Å². The van der Waals surface area contributed by atoms with Gasteiger partial charge in [0.05, 0.1) is 0 Å². The Hall–Kier alpha value is -0.730. The lowest BCUT2D eigenvalue weighted by atomic mass is 10.1. The molecule has 1 saturated carbocycles. The van der Waals surface area contributed by atoms with Gasteiger partial charge in [-0.05, 0) is 37.0 Å². The first-order valence-electron chi connectivity index (χ1n) is 4.35. The maximum atomic E-state index is 9.14. The first-order chi connectivity index (χ1) is 6.09. The van der Waals surface area contributed by atoms with E-state index in [9.17, 15) is 0 Å². The number of hydrogen-bond donors (Lipinski definition) is 2. The summed E-state index contributed by atoms with van der Waals surface area (Å²) in [4.78, 5) is 0. The molecule has 1 aromatic rings. The molecule has 1 fully saturated rings. The molecule has 1 aliphatic carbocycles. The second kappa shape index (κ2) is 2.89. The second-order valence-electron chi connectivity index (χ2n) is 3.81. The van der Waals surface area contributed by atoms with Crippen LogP contribution in [-0.2, 0) is 6.42 Å². The van der Waals surface area contributed by atoms with Crippen molar-refractivity contribution in [3.8, 4) is 5.75 Å². The largest absolute Gasteiger partial charge is 0.508 e. The second-order valence-corrected chi connectivity index (χ2v) is 4.22. The summed E-state index contributed by atoms with van der Waals surface area (Å²) in [7, 11) is 0. The van der Waals surface area contributed by atoms with Gasteiger partial charge in [0.15, 0.2) is 0 Å². The molecule has 3 heteroatoms. The van der Waals surface area contributed by atoms with Gasteiger partial charge in [0, 0.05) is 10.6 Å². The van der Waals surface area contributed by atoms with Crippen LogP contribution in [0.5, 0.6) is 5.75 Å². The van der Waals surface area contributed by atoms with Crippen LogP contribution in [0.25, 0.3) is 0 Å². The van der Waals surface area contributed by atoms with Gasteiger partial charge in [-0.2, -0.15) is 0 Å². The molecule has 0 amide bonds. The molecular formula is C10H12ClNO. The van der Waals surface area contributed by atoms with Gasteiger partial charge in [-0.3, -0.25) is 0 Å². The third-order valence-corrected chi connectivity index (χ3v) is 2.82. The van der Waals surface area contributed by atoms with E-state index in [1.165, 1.54) is 0 Å². The summed E-state index contributed by atoms with van der Waals surface area (Å²) in [5.41, 5.74) is 6.96. The summed E-state index contributed by atoms with van der Waals surface area (Å²) in [6, 6.07) is 5.04. The molecule has 3 N–H and O–H groups in total. The van der Waals surface area contributed by atoms with Crippen molar-refractivity contribution in [3.05, 3.63) is 28.8 Å². The van der Waals surface area contributed by atoms with E-state index in [0.29, 0.717) is 5.02 Å². The van der Waals surface area contributed by atoms with Crippen molar-refractivity contribution < 1.29 is 5.11 Å². The molecule has 0 atom stereocenters. The highest BCUT2D eigenvalue weighted by Gasteiger charge is 2.38. The lowest BCUT2D eigenvalue weighted by molar-refractivity contribution is 0.475. The number of phenols is 1. The quantitative estimate of drug-likeness (QED) is 0.763. The van der Waals surface area contributed by atoms with Gasteiger partial charge in [-0.25, -0.2) is 0 Å². The topological polar surface area (TPSA) is 46.2 Å². The van der Waals surface area contributed by atoms with Crippen molar-refractivity contribution >= 4 is 11.6 Å². The van der Waals surface area contributed by atoms with Crippen LogP contribution in [0, 0.1) is 0 Å². The maximum Gasteiger partial charge on any atom is 0.117 e. The molecule has 70 valence electrons. The number of rotatable bonds is 2. The Bertz CT molecular complexity index is 334. The molecule has 0 spiro atoms. The molecule has 13 heavy (non-hydrogen) atoms. The van der Waals surface area contributed by atoms with Crippen LogP contribution >= 0.6 is 11.6 Å². The van der Waals surface area contributed by atoms with E-state index in [4.69, 9.17) is 22.4 Å². The van der Waals surface area contributed by atoms with Gasteiger partial charge in [-0.1, -0.05) is 17.7 Å². The van der Waals surface area contributed by atoms with Gasteiger partial charge in [0.1, 0.15) is 5.75 Å². The normalized spacial score (nSPS) is 18.6. The molecule has 1 aromatic carbocycles. The Labute approximate surface area is 82.3 Å². The molecule has 0 radical (unpaired) electrons. The van der Waals surface area contributed by atoms with Crippen molar-refractivity contribution in [2.24, 2.45) is 5.73 Å². The number of nitrogens with two attached hydrogens (primary N) is 1. The highest BCUT2D eigenvalue weighted by molar-refractivity contribution is 6.31. The minimum absolute atomic E-state index is 0.0272. The maximum absolute atomic E-state index is 9.14. The molecule has 0 aliphatic heterocycles. The Kier molecular flexibility index (Phi) is 1.97. The Morgan fingerprint density at radius 2 is 2.15 bits per heavy atom. The van der Waals surface area contributed by atoms with Crippen LogP contribution in [0.3, 0.4) is 0 Å². The van der Waals surface area contributed by atoms with Crippen LogP contribution in [0.4, 0.5) is 0 Å². The number of phenolic OH excluding ortho intramolecular Hbond substituents is 1. The monoisotopic (exact) mass is 197 g/mol. The third kappa shape index (κ3) is 1.95. The van der Waals surface area contributed by atoms with Gasteiger partial charge in [0.25, 0.3) is 0 Å². The van der Waals surface area contributed by atoms with E-state index in [0.717, 1.165) is 24.8 Å². The van der Waals surface area contributed by atoms with Crippen LogP contribution in [0.1, 0.15) is 18.4 Å². The van der Waals surface area contributed by atoms with Crippen molar-refractivity contribution in [2.75, 3.05) is 0 Å². The smallest absolute Gasteiger partial charge is 0.117 e. The Balaban J connectivity index is 2.20. The molecule has 2 rings (SSSR count). The first kappa shape index (κ1) is 8.85. The van der Waals surface area contributed by atoms with E-state index in [1.807, 2.05) is 6.07 Å². The fourth-order valence-corrected chi connectivity index (χ4v) is 1.64. The molecule has 0 aromatic heterocycles. The molecule has 1 aliphatic rings. The summed E-state index contributed by atoms with van der Waals surface area (Å²) in [6.45, 7) is 0. The first-order valence-corrected chi connectivity index (χ1v) is 4.73. The van der Waals surface area contributed by atoms with Gasteiger partial charge < -0.3 is 10.8 Å². The fraction of sp³-hybridized carbons (Fsp3) is 0.400. The van der Waals surface area contributed by atoms with Crippen molar-refractivity contribution in [1.82, 2.24) is 0 Å². The predicted molar refractivity (Wildman–Crippen MR) is 53.0 cm³/mol. The van der Waals surface area contributed by atoms with Crippen LogP contribution < -0.4 is 5.73 Å². The summed E-state index contributed by atoms with van der Waals surface area (Å²) in [5.74, 6) is 0.204. The zero-order chi connectivity index (χ0) is 9.47. The minimum atomic E-state index is -0.0272. The summed E-state index contributed by atoms with van der Waals surface area (Å²) in [6.07, 6.45) is 2.96. The molecular weight excluding hydrogens is 186 g/mol. The van der Waals surface area contributed by atoms with Crippen molar-refractivity contribution in [3.63, 3.8) is 0 Å². The average molecular weight is 198 g/mol. The lowest BCUT2D eigenvalue weighted by Gasteiger charge is -2.09. The van der Waals surface area contributed by atoms with E-state index in [-0.39, 0.29) is 11.3 Å². The number of hydrogen-bond acceptors (Lipinski definition) is 2. The molecule has 0 bridgehead atoms. The SMILES string of the molecule is NC1(Cc2ccc(O)cc2Cl)CC1. The standard InChI is InChI=1S/C10H12ClNO/c11-9-5-8(13)2-1-7(9)6-10(12)3-4-10/h1-2,5,13H,3-4,6,12H2. The van der Waals surface area contributed by atoms with E-state index in [2.05, 4.69) is 0 Å². The number of benzene rings is 1. The Morgan fingerprint density at radius 1 is 1.46 bits per heavy atom. The van der Waals surface area contributed by atoms with Gasteiger partial charge in [0.2, 0.25) is 0 Å². The summed E-state index contributed by atoms with van der Waals surface area (Å²) in [5, 5.41) is 9.74. The number of aromatic hydroxyl groups is 1. The van der Waals surface area contributed by atoms with E-state index >= 15 is 0 Å². The zero-order valence-corrected chi connectivity index (χ0v) is 8.01. The minimum Gasteiger partial charge on any atom is -0.508 e. The van der Waals surface area contributed by atoms with Crippen LogP contribution in [0.2, 0.25) is 5.02 Å². The van der Waals surface area contributed by atoms with Crippen LogP contribution in [-0.4, -0.2) is 10.6 Å². The highest BCUT2D eigenvalue weighted by Crippen LogP contribution is 2.37. The molecule has 0 saturated heterocycles. The molecule has 0 heterocycles. The van der Waals surface area contributed by atoms with E-state index < -0.39 is 0 Å². The number of halogens is 1. The van der Waals surface area contributed by atoms with Crippen molar-refractivity contribution in [1.29, 1.82) is 0 Å². The average Bonchev–Trinajstić information content (AvgIpc) is 2.75. The molecule has 2 nitrogen and oxygen atoms in total. The zero-order valence-electron chi connectivity index (χ0n) is 7.26. The van der Waals surface area contributed by atoms with Crippen molar-refractivity contribution in [2.45, 2.75) is 24.8 Å². The lowest BCUT2D eigenvalue weighted by Crippen LogP contribution is -2.24. The fourth-order valence-electron chi connectivity index (χ4n) is 1.40. The molecule has 0 unspecified atom stereocenters. The van der Waals surface area contributed by atoms with E-state index in [1.54, 1.807) is 12.1 Å². The third-order valence-electron chi connectivity index (χ3n) is 2.47. The van der Waals surface area contributed by atoms with Crippen LogP contribution in [0.15, 0.2) is 18.2 Å². The van der Waals surface area contributed by atoms with Gasteiger partial charge >= 0.3 is 0 Å². The predicted octanol–water partition coefficient (Wildman–Crippen LogP) is 2.08. The summed E-state index contributed by atoms with van der Waals surface area (Å²) < 4.78 is 0.